The third-order valence-corrected chi connectivity index (χ3v) is 3.88. The molecule has 1 N–H and O–H groups in total. The Kier molecular flexibility index (Phi) is 4.41. The minimum Gasteiger partial charge on any atom is -0.497 e. The van der Waals surface area contributed by atoms with Gasteiger partial charge in [-0.1, -0.05) is 6.07 Å². The summed E-state index contributed by atoms with van der Waals surface area (Å²) in [6.07, 6.45) is 5.05. The van der Waals surface area contributed by atoms with Gasteiger partial charge in [0, 0.05) is 24.5 Å². The number of methoxy groups -OCH3 is 1. The van der Waals surface area contributed by atoms with E-state index in [1.807, 2.05) is 31.2 Å². The van der Waals surface area contributed by atoms with E-state index in [-0.39, 0.29) is 11.9 Å². The van der Waals surface area contributed by atoms with Gasteiger partial charge in [-0.25, -0.2) is 4.98 Å². The molecule has 2 aromatic rings. The van der Waals surface area contributed by atoms with Crippen LogP contribution in [0.5, 0.6) is 5.75 Å². The smallest absolute Gasteiger partial charge is 0.249 e. The Hall–Kier alpha value is -2.63. The first-order chi connectivity index (χ1) is 11.2. The second-order valence-corrected chi connectivity index (χ2v) is 5.58. The van der Waals surface area contributed by atoms with Crippen molar-refractivity contribution in [2.45, 2.75) is 25.8 Å². The van der Waals surface area contributed by atoms with Crippen molar-refractivity contribution in [3.05, 3.63) is 42.4 Å². The number of rotatable bonds is 4. The lowest BCUT2D eigenvalue weighted by Crippen LogP contribution is -2.47. The molecular weight excluding hydrogens is 292 g/mol. The number of hydrogen-bond donors (Lipinski definition) is 1. The molecule has 0 radical (unpaired) electrons. The molecule has 1 aliphatic heterocycles. The number of aryl methyl sites for hydroxylation is 1. The fraction of sp³-hybridized carbons (Fsp3) is 0.353. The van der Waals surface area contributed by atoms with Gasteiger partial charge in [-0.05, 0) is 31.9 Å². The molecular formula is C17H20N4O2. The molecule has 0 spiro atoms. The van der Waals surface area contributed by atoms with E-state index in [4.69, 9.17) is 4.74 Å². The maximum absolute atomic E-state index is 12.8. The zero-order chi connectivity index (χ0) is 16.2. The van der Waals surface area contributed by atoms with E-state index in [1.54, 1.807) is 24.4 Å². The Morgan fingerprint density at radius 3 is 3.00 bits per heavy atom. The summed E-state index contributed by atoms with van der Waals surface area (Å²) in [6, 6.07) is 7.29. The predicted octanol–water partition coefficient (Wildman–Crippen LogP) is 2.40. The molecule has 6 nitrogen and oxygen atoms in total. The largest absolute Gasteiger partial charge is 0.497 e. The van der Waals surface area contributed by atoms with Gasteiger partial charge >= 0.3 is 0 Å². The van der Waals surface area contributed by atoms with Crippen LogP contribution < -0.4 is 15.0 Å². The van der Waals surface area contributed by atoms with Gasteiger partial charge in [0.1, 0.15) is 17.6 Å². The van der Waals surface area contributed by atoms with Crippen molar-refractivity contribution in [3.63, 3.8) is 0 Å². The molecule has 23 heavy (non-hydrogen) atoms. The molecule has 1 aromatic heterocycles. The lowest BCUT2D eigenvalue weighted by atomic mass is 10.0. The van der Waals surface area contributed by atoms with Gasteiger partial charge in [-0.3, -0.25) is 9.78 Å². The molecule has 0 bridgehead atoms. The highest BCUT2D eigenvalue weighted by atomic mass is 16.5. The Morgan fingerprint density at radius 2 is 2.22 bits per heavy atom. The summed E-state index contributed by atoms with van der Waals surface area (Å²) in [5.74, 6) is 1.43. The highest BCUT2D eigenvalue weighted by Crippen LogP contribution is 2.26. The van der Waals surface area contributed by atoms with Crippen molar-refractivity contribution < 1.29 is 9.53 Å². The molecule has 6 heteroatoms. The van der Waals surface area contributed by atoms with Gasteiger partial charge in [-0.15, -0.1) is 0 Å². The van der Waals surface area contributed by atoms with Crippen molar-refractivity contribution in [2.75, 3.05) is 23.9 Å². The minimum absolute atomic E-state index is 0.0489. The molecule has 0 saturated carbocycles. The highest BCUT2D eigenvalue weighted by molar-refractivity contribution is 5.99. The van der Waals surface area contributed by atoms with E-state index in [0.29, 0.717) is 12.4 Å². The third kappa shape index (κ3) is 3.41. The zero-order valence-corrected chi connectivity index (χ0v) is 13.3. The summed E-state index contributed by atoms with van der Waals surface area (Å²) in [7, 11) is 1.62. The van der Waals surface area contributed by atoms with Crippen LogP contribution in [0.4, 0.5) is 11.5 Å². The molecule has 120 valence electrons. The number of benzene rings is 1. The number of nitrogens with one attached hydrogen (secondary N) is 1. The summed E-state index contributed by atoms with van der Waals surface area (Å²) in [6.45, 7) is 2.59. The molecule has 0 aliphatic carbocycles. The van der Waals surface area contributed by atoms with Crippen molar-refractivity contribution in [3.8, 4) is 5.75 Å². The van der Waals surface area contributed by atoms with Gasteiger partial charge in [0.2, 0.25) is 5.91 Å². The summed E-state index contributed by atoms with van der Waals surface area (Å²) >= 11 is 0. The summed E-state index contributed by atoms with van der Waals surface area (Å²) in [5, 5.41) is 3.20. The second-order valence-electron chi connectivity index (χ2n) is 5.58. The van der Waals surface area contributed by atoms with E-state index < -0.39 is 0 Å². The van der Waals surface area contributed by atoms with Crippen molar-refractivity contribution in [1.82, 2.24) is 9.97 Å². The second kappa shape index (κ2) is 6.64. The molecule has 1 saturated heterocycles. The average Bonchev–Trinajstić information content (AvgIpc) is 2.57. The molecule has 1 atom stereocenters. The molecule has 1 amide bonds. The number of aromatic nitrogens is 2. The van der Waals surface area contributed by atoms with Gasteiger partial charge in [-0.2, -0.15) is 0 Å². The molecule has 1 aliphatic rings. The van der Waals surface area contributed by atoms with Crippen LogP contribution in [-0.2, 0) is 4.79 Å². The number of ether oxygens (including phenoxy) is 1. The lowest BCUT2D eigenvalue weighted by Gasteiger charge is -2.33. The van der Waals surface area contributed by atoms with E-state index in [9.17, 15) is 4.79 Å². The van der Waals surface area contributed by atoms with Crippen LogP contribution in [0.1, 0.15) is 18.5 Å². The summed E-state index contributed by atoms with van der Waals surface area (Å²) in [5.41, 5.74) is 1.68. The predicted molar refractivity (Wildman–Crippen MR) is 88.8 cm³/mol. The quantitative estimate of drug-likeness (QED) is 0.939. The summed E-state index contributed by atoms with van der Waals surface area (Å²) < 4.78 is 5.24. The third-order valence-electron chi connectivity index (χ3n) is 3.88. The van der Waals surface area contributed by atoms with E-state index in [1.165, 1.54) is 0 Å². The van der Waals surface area contributed by atoms with Crippen LogP contribution in [0.2, 0.25) is 0 Å². The van der Waals surface area contributed by atoms with Gasteiger partial charge in [0.25, 0.3) is 0 Å². The molecule has 2 heterocycles. The number of amides is 1. The Balaban J connectivity index is 1.78. The number of hydrogen-bond acceptors (Lipinski definition) is 5. The van der Waals surface area contributed by atoms with E-state index >= 15 is 0 Å². The van der Waals surface area contributed by atoms with Gasteiger partial charge in [0.05, 0.1) is 19.0 Å². The first-order valence-corrected chi connectivity index (χ1v) is 7.68. The fourth-order valence-corrected chi connectivity index (χ4v) is 2.76. The first kappa shape index (κ1) is 15.3. The average molecular weight is 312 g/mol. The molecule has 1 aromatic carbocycles. The summed E-state index contributed by atoms with van der Waals surface area (Å²) in [4.78, 5) is 23.1. The number of carbonyl (C=O) groups is 1. The first-order valence-electron chi connectivity index (χ1n) is 7.68. The van der Waals surface area contributed by atoms with Crippen molar-refractivity contribution in [2.24, 2.45) is 0 Å². The standard InChI is InChI=1S/C17H20N4O2/c1-12-10-18-11-16(19-12)20-15-7-4-8-21(17(15)22)13-5-3-6-14(9-13)23-2/h3,5-6,9-11,15H,4,7-8H2,1-2H3,(H,19,20). The van der Waals surface area contributed by atoms with Gasteiger partial charge in [0.15, 0.2) is 0 Å². The minimum atomic E-state index is -0.286. The fourth-order valence-electron chi connectivity index (χ4n) is 2.76. The maximum Gasteiger partial charge on any atom is 0.249 e. The maximum atomic E-state index is 12.8. The molecule has 3 rings (SSSR count). The molecule has 1 fully saturated rings. The van der Waals surface area contributed by atoms with Gasteiger partial charge < -0.3 is 15.0 Å². The van der Waals surface area contributed by atoms with Crippen LogP contribution in [0.3, 0.4) is 0 Å². The van der Waals surface area contributed by atoms with E-state index in [0.717, 1.165) is 30.0 Å². The van der Waals surface area contributed by atoms with E-state index in [2.05, 4.69) is 15.3 Å². The van der Waals surface area contributed by atoms with Crippen molar-refractivity contribution in [1.29, 1.82) is 0 Å². The SMILES string of the molecule is COc1cccc(N2CCCC(Nc3cncc(C)n3)C2=O)c1. The Morgan fingerprint density at radius 1 is 1.35 bits per heavy atom. The van der Waals surface area contributed by atoms with Crippen LogP contribution >= 0.6 is 0 Å². The normalized spacial score (nSPS) is 17.9. The highest BCUT2D eigenvalue weighted by Gasteiger charge is 2.30. The number of nitrogens with zero attached hydrogens (tertiary/aromatic N) is 3. The van der Waals surface area contributed by atoms with Crippen LogP contribution in [0.25, 0.3) is 0 Å². The zero-order valence-electron chi connectivity index (χ0n) is 13.3. The van der Waals surface area contributed by atoms with Crippen LogP contribution in [-0.4, -0.2) is 35.6 Å². The van der Waals surface area contributed by atoms with Crippen LogP contribution in [0, 0.1) is 6.92 Å². The Labute approximate surface area is 135 Å². The Bertz CT molecular complexity index is 704. The van der Waals surface area contributed by atoms with Crippen molar-refractivity contribution >= 4 is 17.4 Å². The lowest BCUT2D eigenvalue weighted by molar-refractivity contribution is -0.120. The monoisotopic (exact) mass is 312 g/mol. The number of carbonyl (C=O) groups excluding carboxylic acids is 1. The number of piperidine rings is 1. The van der Waals surface area contributed by atoms with Crippen LogP contribution in [0.15, 0.2) is 36.7 Å². The molecule has 1 unspecified atom stereocenters. The number of anilines is 2. The topological polar surface area (TPSA) is 67.3 Å².